The molecule has 3 amide bonds. The molecule has 0 radical (unpaired) electrons. The van der Waals surface area contributed by atoms with Gasteiger partial charge in [0.15, 0.2) is 0 Å². The average Bonchev–Trinajstić information content (AvgIpc) is 3.14. The van der Waals surface area contributed by atoms with Crippen molar-refractivity contribution in [1.29, 1.82) is 0 Å². The van der Waals surface area contributed by atoms with E-state index in [1.807, 2.05) is 35.8 Å². The van der Waals surface area contributed by atoms with E-state index in [4.69, 9.17) is 4.74 Å². The molecule has 0 bridgehead atoms. The fraction of sp³-hybridized carbons (Fsp3) is 0.600. The summed E-state index contributed by atoms with van der Waals surface area (Å²) in [4.78, 5) is 28.6. The van der Waals surface area contributed by atoms with Crippen molar-refractivity contribution >= 4 is 11.9 Å². The Balaban J connectivity index is 1.49. The number of benzene rings is 1. The summed E-state index contributed by atoms with van der Waals surface area (Å²) in [7, 11) is 0. The minimum atomic E-state index is 0.0111. The molecule has 0 spiro atoms. The van der Waals surface area contributed by atoms with Crippen LogP contribution in [0.3, 0.4) is 0 Å². The van der Waals surface area contributed by atoms with Crippen molar-refractivity contribution in [3.8, 4) is 5.75 Å². The van der Waals surface area contributed by atoms with Crippen LogP contribution in [0.25, 0.3) is 0 Å². The summed E-state index contributed by atoms with van der Waals surface area (Å²) in [5.41, 5.74) is 0.657. The molecule has 0 unspecified atom stereocenters. The van der Waals surface area contributed by atoms with Gasteiger partial charge in [-0.25, -0.2) is 4.79 Å². The van der Waals surface area contributed by atoms with Gasteiger partial charge in [0.25, 0.3) is 5.91 Å². The van der Waals surface area contributed by atoms with Crippen LogP contribution in [-0.2, 0) is 0 Å². The lowest BCUT2D eigenvalue weighted by Gasteiger charge is -2.35. The zero-order valence-electron chi connectivity index (χ0n) is 15.7. The summed E-state index contributed by atoms with van der Waals surface area (Å²) in [6, 6.07) is 7.61. The Labute approximate surface area is 155 Å². The van der Waals surface area contributed by atoms with Crippen LogP contribution in [0.2, 0.25) is 0 Å². The van der Waals surface area contributed by atoms with E-state index in [-0.39, 0.29) is 18.0 Å². The number of rotatable bonds is 4. The highest BCUT2D eigenvalue weighted by atomic mass is 16.5. The molecule has 1 aromatic carbocycles. The summed E-state index contributed by atoms with van der Waals surface area (Å²) >= 11 is 0. The van der Waals surface area contributed by atoms with E-state index < -0.39 is 0 Å². The number of hydrogen-bond donors (Lipinski definition) is 1. The molecule has 1 saturated carbocycles. The maximum Gasteiger partial charge on any atom is 0.317 e. The number of carbonyl (C=O) groups is 2. The van der Waals surface area contributed by atoms with Gasteiger partial charge in [0.1, 0.15) is 5.75 Å². The molecule has 0 aromatic heterocycles. The van der Waals surface area contributed by atoms with Crippen molar-refractivity contribution in [1.82, 2.24) is 15.1 Å². The predicted octanol–water partition coefficient (Wildman–Crippen LogP) is 2.88. The molecule has 26 heavy (non-hydrogen) atoms. The minimum Gasteiger partial charge on any atom is -0.491 e. The Bertz CT molecular complexity index is 616. The van der Waals surface area contributed by atoms with E-state index >= 15 is 0 Å². The number of carbonyl (C=O) groups excluding carboxylic acids is 2. The Morgan fingerprint density at radius 2 is 1.58 bits per heavy atom. The fourth-order valence-corrected chi connectivity index (χ4v) is 3.58. The summed E-state index contributed by atoms with van der Waals surface area (Å²) in [6.45, 7) is 6.25. The quantitative estimate of drug-likeness (QED) is 0.899. The Kier molecular flexibility index (Phi) is 6.01. The molecule has 1 heterocycles. The largest absolute Gasteiger partial charge is 0.491 e. The van der Waals surface area contributed by atoms with Crippen LogP contribution < -0.4 is 10.1 Å². The average molecular weight is 359 g/mol. The lowest BCUT2D eigenvalue weighted by molar-refractivity contribution is 0.0663. The molecule has 1 aliphatic carbocycles. The SMILES string of the molecule is CC(C)Oc1ccc(C(=O)N2CCN(C(=O)NC3CCCC3)CC2)cc1. The van der Waals surface area contributed by atoms with E-state index in [9.17, 15) is 9.59 Å². The number of hydrogen-bond acceptors (Lipinski definition) is 3. The van der Waals surface area contributed by atoms with Crippen LogP contribution in [0.15, 0.2) is 24.3 Å². The van der Waals surface area contributed by atoms with Gasteiger partial charge < -0.3 is 19.9 Å². The van der Waals surface area contributed by atoms with Crippen molar-refractivity contribution in [3.63, 3.8) is 0 Å². The Morgan fingerprint density at radius 1 is 1.00 bits per heavy atom. The summed E-state index contributed by atoms with van der Waals surface area (Å²) in [6.07, 6.45) is 4.68. The molecule has 1 aromatic rings. The topological polar surface area (TPSA) is 61.9 Å². The number of piperazine rings is 1. The highest BCUT2D eigenvalue weighted by Gasteiger charge is 2.26. The molecule has 6 nitrogen and oxygen atoms in total. The molecule has 2 aliphatic rings. The summed E-state index contributed by atoms with van der Waals surface area (Å²) in [5.74, 6) is 0.780. The van der Waals surface area contributed by atoms with Crippen molar-refractivity contribution in [2.45, 2.75) is 51.7 Å². The van der Waals surface area contributed by atoms with Crippen molar-refractivity contribution in [3.05, 3.63) is 29.8 Å². The van der Waals surface area contributed by atoms with Crippen LogP contribution >= 0.6 is 0 Å². The van der Waals surface area contributed by atoms with Crippen LogP contribution in [0.4, 0.5) is 4.79 Å². The van der Waals surface area contributed by atoms with E-state index in [0.717, 1.165) is 18.6 Å². The molecule has 142 valence electrons. The smallest absolute Gasteiger partial charge is 0.317 e. The van der Waals surface area contributed by atoms with E-state index in [2.05, 4.69) is 5.32 Å². The predicted molar refractivity (Wildman–Crippen MR) is 100 cm³/mol. The standard InChI is InChI=1S/C20H29N3O3/c1-15(2)26-18-9-7-16(8-10-18)19(24)22-11-13-23(14-12-22)20(25)21-17-5-3-4-6-17/h7-10,15,17H,3-6,11-14H2,1-2H3,(H,21,25). The van der Waals surface area contributed by atoms with E-state index in [0.29, 0.717) is 37.8 Å². The molecule has 1 saturated heterocycles. The van der Waals surface area contributed by atoms with Crippen LogP contribution in [0, 0.1) is 0 Å². The third-order valence-corrected chi connectivity index (χ3v) is 5.01. The van der Waals surface area contributed by atoms with Gasteiger partial charge in [0.05, 0.1) is 6.10 Å². The normalized spacial score (nSPS) is 18.3. The zero-order valence-corrected chi connectivity index (χ0v) is 15.7. The zero-order chi connectivity index (χ0) is 18.5. The van der Waals surface area contributed by atoms with Gasteiger partial charge in [-0.1, -0.05) is 12.8 Å². The van der Waals surface area contributed by atoms with Gasteiger partial charge in [-0.15, -0.1) is 0 Å². The fourth-order valence-electron chi connectivity index (χ4n) is 3.58. The third-order valence-electron chi connectivity index (χ3n) is 5.01. The van der Waals surface area contributed by atoms with E-state index in [1.54, 1.807) is 12.1 Å². The first kappa shape index (κ1) is 18.5. The Hall–Kier alpha value is -2.24. The molecule has 2 fully saturated rings. The van der Waals surface area contributed by atoms with Crippen molar-refractivity contribution in [2.75, 3.05) is 26.2 Å². The second-order valence-electron chi connectivity index (χ2n) is 7.40. The highest BCUT2D eigenvalue weighted by Crippen LogP contribution is 2.19. The molecule has 3 rings (SSSR count). The van der Waals surface area contributed by atoms with Crippen molar-refractivity contribution < 1.29 is 14.3 Å². The second-order valence-corrected chi connectivity index (χ2v) is 7.40. The number of nitrogens with zero attached hydrogens (tertiary/aromatic N) is 2. The van der Waals surface area contributed by atoms with Gasteiger partial charge in [-0.2, -0.15) is 0 Å². The highest BCUT2D eigenvalue weighted by molar-refractivity contribution is 5.94. The lowest BCUT2D eigenvalue weighted by Crippen LogP contribution is -2.54. The lowest BCUT2D eigenvalue weighted by atomic mass is 10.1. The van der Waals surface area contributed by atoms with E-state index in [1.165, 1.54) is 12.8 Å². The van der Waals surface area contributed by atoms with Gasteiger partial charge in [-0.05, 0) is 51.0 Å². The molecule has 0 atom stereocenters. The molecule has 1 N–H and O–H groups in total. The molecular formula is C20H29N3O3. The summed E-state index contributed by atoms with van der Waals surface area (Å²) in [5, 5.41) is 3.12. The first-order valence-corrected chi connectivity index (χ1v) is 9.64. The monoisotopic (exact) mass is 359 g/mol. The van der Waals surface area contributed by atoms with Crippen molar-refractivity contribution in [2.24, 2.45) is 0 Å². The van der Waals surface area contributed by atoms with Crippen LogP contribution in [0.5, 0.6) is 5.75 Å². The number of ether oxygens (including phenoxy) is 1. The molecule has 1 aliphatic heterocycles. The first-order chi connectivity index (χ1) is 12.5. The molecule has 6 heteroatoms. The van der Waals surface area contributed by atoms with Crippen LogP contribution in [-0.4, -0.2) is 60.1 Å². The number of urea groups is 1. The summed E-state index contributed by atoms with van der Waals surface area (Å²) < 4.78 is 5.61. The van der Waals surface area contributed by atoms with Gasteiger partial charge in [0, 0.05) is 37.8 Å². The maximum absolute atomic E-state index is 12.7. The number of nitrogens with one attached hydrogen (secondary N) is 1. The molecular weight excluding hydrogens is 330 g/mol. The minimum absolute atomic E-state index is 0.0111. The van der Waals surface area contributed by atoms with Crippen LogP contribution in [0.1, 0.15) is 49.9 Å². The second kappa shape index (κ2) is 8.43. The van der Waals surface area contributed by atoms with Gasteiger partial charge in [-0.3, -0.25) is 4.79 Å². The van der Waals surface area contributed by atoms with Gasteiger partial charge >= 0.3 is 6.03 Å². The van der Waals surface area contributed by atoms with Gasteiger partial charge in [0.2, 0.25) is 0 Å². The number of amides is 3. The first-order valence-electron chi connectivity index (χ1n) is 9.64. The Morgan fingerprint density at radius 3 is 2.15 bits per heavy atom. The maximum atomic E-state index is 12.7. The third kappa shape index (κ3) is 4.68.